The number of carboxylic acids is 1. The van der Waals surface area contributed by atoms with Crippen LogP contribution in [0.25, 0.3) is 0 Å². The van der Waals surface area contributed by atoms with Crippen LogP contribution in [0.15, 0.2) is 0 Å². The van der Waals surface area contributed by atoms with Crippen LogP contribution in [0.4, 0.5) is 0 Å². The van der Waals surface area contributed by atoms with E-state index in [0.29, 0.717) is 18.4 Å². The Balaban J connectivity index is 2.26. The van der Waals surface area contributed by atoms with Crippen LogP contribution in [0, 0.1) is 5.92 Å². The quantitative estimate of drug-likeness (QED) is 0.587. The summed E-state index contributed by atoms with van der Waals surface area (Å²) in [6, 6.07) is -0.423. The van der Waals surface area contributed by atoms with Gasteiger partial charge in [0.25, 0.3) is 0 Å². The molecule has 0 aromatic carbocycles. The number of rotatable bonds is 3. The summed E-state index contributed by atoms with van der Waals surface area (Å²) in [6.45, 7) is 3.18. The molecule has 1 saturated heterocycles. The fourth-order valence-electron chi connectivity index (χ4n) is 1.67. The smallest absolute Gasteiger partial charge is 0.320 e. The minimum atomic E-state index is -0.902. The first kappa shape index (κ1) is 10.5. The fourth-order valence-corrected chi connectivity index (χ4v) is 1.67. The van der Waals surface area contributed by atoms with Gasteiger partial charge in [-0.2, -0.15) is 0 Å². The van der Waals surface area contributed by atoms with Gasteiger partial charge in [-0.1, -0.05) is 6.92 Å². The molecule has 13 heavy (non-hydrogen) atoms. The molecule has 0 radical (unpaired) electrons. The van der Waals surface area contributed by atoms with Gasteiger partial charge in [0.05, 0.1) is 0 Å². The van der Waals surface area contributed by atoms with E-state index in [0.717, 1.165) is 13.0 Å². The van der Waals surface area contributed by atoms with Gasteiger partial charge >= 0.3 is 5.97 Å². The van der Waals surface area contributed by atoms with Gasteiger partial charge < -0.3 is 16.2 Å². The van der Waals surface area contributed by atoms with Crippen molar-refractivity contribution in [3.8, 4) is 0 Å². The summed E-state index contributed by atoms with van der Waals surface area (Å²) < 4.78 is 0. The lowest BCUT2D eigenvalue weighted by molar-refractivity contribution is -0.138. The van der Waals surface area contributed by atoms with E-state index in [9.17, 15) is 4.79 Å². The lowest BCUT2D eigenvalue weighted by Gasteiger charge is -2.28. The zero-order valence-corrected chi connectivity index (χ0v) is 7.99. The zero-order chi connectivity index (χ0) is 9.84. The first-order valence-corrected chi connectivity index (χ1v) is 4.81. The second kappa shape index (κ2) is 4.58. The maximum absolute atomic E-state index is 10.5. The Labute approximate surface area is 78.5 Å². The first-order valence-electron chi connectivity index (χ1n) is 4.81. The summed E-state index contributed by atoms with van der Waals surface area (Å²) >= 11 is 0. The molecule has 0 spiro atoms. The van der Waals surface area contributed by atoms with E-state index in [2.05, 4.69) is 12.2 Å². The molecule has 1 heterocycles. The topological polar surface area (TPSA) is 75.4 Å². The van der Waals surface area contributed by atoms with Crippen LogP contribution >= 0.6 is 0 Å². The SMILES string of the molecule is CC1CCC(CC(N)C(=O)O)NC1. The molecule has 0 aromatic rings. The third kappa shape index (κ3) is 3.32. The summed E-state index contributed by atoms with van der Waals surface area (Å²) in [5, 5.41) is 11.9. The van der Waals surface area contributed by atoms with Crippen LogP contribution in [0.5, 0.6) is 0 Å². The maximum atomic E-state index is 10.5. The number of carboxylic acid groups (broad SMARTS) is 1. The summed E-state index contributed by atoms with van der Waals surface area (Å²) in [4.78, 5) is 10.5. The molecule has 0 amide bonds. The molecule has 4 heteroatoms. The molecule has 4 N–H and O–H groups in total. The van der Waals surface area contributed by atoms with Crippen LogP contribution in [0.1, 0.15) is 26.2 Å². The zero-order valence-electron chi connectivity index (χ0n) is 7.99. The molecule has 0 saturated carbocycles. The van der Waals surface area contributed by atoms with Crippen LogP contribution in [-0.2, 0) is 4.79 Å². The van der Waals surface area contributed by atoms with Crippen molar-refractivity contribution in [3.63, 3.8) is 0 Å². The molecule has 3 unspecified atom stereocenters. The maximum Gasteiger partial charge on any atom is 0.320 e. The Morgan fingerprint density at radius 2 is 2.38 bits per heavy atom. The Hall–Kier alpha value is -0.610. The summed E-state index contributed by atoms with van der Waals surface area (Å²) in [7, 11) is 0. The highest BCUT2D eigenvalue weighted by Gasteiger charge is 2.22. The van der Waals surface area contributed by atoms with E-state index in [1.54, 1.807) is 0 Å². The van der Waals surface area contributed by atoms with Crippen molar-refractivity contribution < 1.29 is 9.90 Å². The minimum Gasteiger partial charge on any atom is -0.480 e. The van der Waals surface area contributed by atoms with Crippen molar-refractivity contribution >= 4 is 5.97 Å². The number of piperidine rings is 1. The predicted molar refractivity (Wildman–Crippen MR) is 50.4 cm³/mol. The van der Waals surface area contributed by atoms with Crippen LogP contribution in [0.3, 0.4) is 0 Å². The van der Waals surface area contributed by atoms with Crippen molar-refractivity contribution in [2.45, 2.75) is 38.3 Å². The number of hydrogen-bond donors (Lipinski definition) is 3. The largest absolute Gasteiger partial charge is 0.480 e. The van der Waals surface area contributed by atoms with Crippen molar-refractivity contribution in [3.05, 3.63) is 0 Å². The highest BCUT2D eigenvalue weighted by molar-refractivity contribution is 5.73. The molecule has 3 atom stereocenters. The van der Waals surface area contributed by atoms with Crippen LogP contribution < -0.4 is 11.1 Å². The standard InChI is InChI=1S/C9H18N2O2/c1-6-2-3-7(11-5-6)4-8(10)9(12)13/h6-8,11H,2-5,10H2,1H3,(H,12,13). The first-order chi connectivity index (χ1) is 6.09. The Morgan fingerprint density at radius 3 is 2.85 bits per heavy atom. The predicted octanol–water partition coefficient (Wildman–Crippen LogP) is 0.177. The summed E-state index contributed by atoms with van der Waals surface area (Å²) in [5.74, 6) is -0.197. The molecule has 0 aliphatic carbocycles. The van der Waals surface area contributed by atoms with Gasteiger partial charge in [0.1, 0.15) is 6.04 Å². The Bertz CT molecular complexity index is 176. The lowest BCUT2D eigenvalue weighted by Crippen LogP contribution is -2.44. The van der Waals surface area contributed by atoms with Gasteiger partial charge in [0.2, 0.25) is 0 Å². The van der Waals surface area contributed by atoms with E-state index in [1.165, 1.54) is 6.42 Å². The highest BCUT2D eigenvalue weighted by Crippen LogP contribution is 2.16. The average Bonchev–Trinajstić information content (AvgIpc) is 2.08. The van der Waals surface area contributed by atoms with Crippen LogP contribution in [0.2, 0.25) is 0 Å². The van der Waals surface area contributed by atoms with E-state index in [4.69, 9.17) is 10.8 Å². The molecule has 0 aromatic heterocycles. The summed E-state index contributed by atoms with van der Waals surface area (Å²) in [5.41, 5.74) is 5.44. The van der Waals surface area contributed by atoms with Crippen LogP contribution in [-0.4, -0.2) is 29.7 Å². The summed E-state index contributed by atoms with van der Waals surface area (Å²) in [6.07, 6.45) is 2.76. The fraction of sp³-hybridized carbons (Fsp3) is 0.889. The Kier molecular flexibility index (Phi) is 3.69. The van der Waals surface area contributed by atoms with Gasteiger partial charge in [0.15, 0.2) is 0 Å². The average molecular weight is 186 g/mol. The molecule has 4 nitrogen and oxygen atoms in total. The number of carbonyl (C=O) groups is 1. The second-order valence-corrected chi connectivity index (χ2v) is 3.97. The highest BCUT2D eigenvalue weighted by atomic mass is 16.4. The molecule has 1 aliphatic heterocycles. The van der Waals surface area contributed by atoms with Gasteiger partial charge in [0, 0.05) is 6.04 Å². The second-order valence-electron chi connectivity index (χ2n) is 3.97. The third-order valence-electron chi connectivity index (χ3n) is 2.62. The molecule has 76 valence electrons. The molecule has 1 fully saturated rings. The molecular weight excluding hydrogens is 168 g/mol. The third-order valence-corrected chi connectivity index (χ3v) is 2.62. The monoisotopic (exact) mass is 186 g/mol. The number of aliphatic carboxylic acids is 1. The van der Waals surface area contributed by atoms with Gasteiger partial charge in [-0.05, 0) is 31.7 Å². The van der Waals surface area contributed by atoms with Gasteiger partial charge in [-0.15, -0.1) is 0 Å². The minimum absolute atomic E-state index is 0.294. The van der Waals surface area contributed by atoms with Gasteiger partial charge in [-0.25, -0.2) is 0 Å². The normalized spacial score (nSPS) is 31.2. The van der Waals surface area contributed by atoms with Crippen molar-refractivity contribution in [2.75, 3.05) is 6.54 Å². The molecule has 1 rings (SSSR count). The molecule has 1 aliphatic rings. The van der Waals surface area contributed by atoms with Crippen molar-refractivity contribution in [1.82, 2.24) is 5.32 Å². The van der Waals surface area contributed by atoms with E-state index in [-0.39, 0.29) is 0 Å². The molecular formula is C9H18N2O2. The van der Waals surface area contributed by atoms with E-state index >= 15 is 0 Å². The number of hydrogen-bond acceptors (Lipinski definition) is 3. The van der Waals surface area contributed by atoms with E-state index < -0.39 is 12.0 Å². The van der Waals surface area contributed by atoms with Crippen molar-refractivity contribution in [1.29, 1.82) is 0 Å². The number of nitrogens with two attached hydrogens (primary N) is 1. The van der Waals surface area contributed by atoms with E-state index in [1.807, 2.05) is 0 Å². The number of nitrogens with one attached hydrogen (secondary N) is 1. The lowest BCUT2D eigenvalue weighted by atomic mass is 9.93. The van der Waals surface area contributed by atoms with Crippen molar-refractivity contribution in [2.24, 2.45) is 11.7 Å². The molecule has 0 bridgehead atoms. The van der Waals surface area contributed by atoms with Gasteiger partial charge in [-0.3, -0.25) is 4.79 Å². The Morgan fingerprint density at radius 1 is 1.69 bits per heavy atom.